The smallest absolute Gasteiger partial charge is 0.352 e. The SMILES string of the molecule is Cc1cnc(C(=O)NC2CN(c3cc(C(F)(F)F)ccn3)C2)cn1. The van der Waals surface area contributed by atoms with Crippen LogP contribution in [-0.4, -0.2) is 40.0 Å². The maximum atomic E-state index is 12.7. The van der Waals surface area contributed by atoms with Gasteiger partial charge in [0.1, 0.15) is 11.5 Å². The minimum absolute atomic E-state index is 0.169. The van der Waals surface area contributed by atoms with Crippen LogP contribution in [0.2, 0.25) is 0 Å². The first-order valence-corrected chi connectivity index (χ1v) is 7.20. The van der Waals surface area contributed by atoms with E-state index in [2.05, 4.69) is 20.3 Å². The van der Waals surface area contributed by atoms with Crippen LogP contribution in [0, 0.1) is 6.92 Å². The third-order valence-corrected chi connectivity index (χ3v) is 3.63. The van der Waals surface area contributed by atoms with E-state index in [1.54, 1.807) is 11.8 Å². The molecule has 0 spiro atoms. The predicted octanol–water partition coefficient (Wildman–Crippen LogP) is 1.82. The van der Waals surface area contributed by atoms with Crippen LogP contribution in [0.25, 0.3) is 0 Å². The number of nitrogens with one attached hydrogen (secondary N) is 1. The Balaban J connectivity index is 1.58. The number of rotatable bonds is 3. The summed E-state index contributed by atoms with van der Waals surface area (Å²) in [6.45, 7) is 2.54. The molecule has 2 aromatic heterocycles. The Morgan fingerprint density at radius 2 is 2.00 bits per heavy atom. The van der Waals surface area contributed by atoms with Crippen LogP contribution >= 0.6 is 0 Å². The van der Waals surface area contributed by atoms with E-state index in [1.807, 2.05) is 0 Å². The number of nitrogens with zero attached hydrogens (tertiary/aromatic N) is 4. The summed E-state index contributed by atoms with van der Waals surface area (Å²) in [5.41, 5.74) is 0.170. The fourth-order valence-corrected chi connectivity index (χ4v) is 2.29. The first-order chi connectivity index (χ1) is 11.3. The summed E-state index contributed by atoms with van der Waals surface area (Å²) in [7, 11) is 0. The zero-order chi connectivity index (χ0) is 17.3. The number of amides is 1. The molecule has 1 saturated heterocycles. The van der Waals surface area contributed by atoms with Crippen molar-refractivity contribution in [1.82, 2.24) is 20.3 Å². The van der Waals surface area contributed by atoms with E-state index in [9.17, 15) is 18.0 Å². The van der Waals surface area contributed by atoms with Crippen LogP contribution in [0.4, 0.5) is 19.0 Å². The van der Waals surface area contributed by atoms with Gasteiger partial charge in [-0.15, -0.1) is 0 Å². The molecule has 1 fully saturated rings. The van der Waals surface area contributed by atoms with Crippen molar-refractivity contribution < 1.29 is 18.0 Å². The Morgan fingerprint density at radius 3 is 2.62 bits per heavy atom. The highest BCUT2D eigenvalue weighted by atomic mass is 19.4. The van der Waals surface area contributed by atoms with Gasteiger partial charge in [0.05, 0.1) is 23.5 Å². The summed E-state index contributed by atoms with van der Waals surface area (Å²) in [6.07, 6.45) is -0.393. The second-order valence-electron chi connectivity index (χ2n) is 5.52. The van der Waals surface area contributed by atoms with Gasteiger partial charge in [0, 0.05) is 25.5 Å². The lowest BCUT2D eigenvalue weighted by Crippen LogP contribution is -2.59. The van der Waals surface area contributed by atoms with E-state index in [-0.39, 0.29) is 23.5 Å². The molecule has 9 heteroatoms. The number of carbonyl (C=O) groups excluding carboxylic acids is 1. The van der Waals surface area contributed by atoms with Crippen molar-refractivity contribution in [1.29, 1.82) is 0 Å². The van der Waals surface area contributed by atoms with Crippen LogP contribution in [-0.2, 0) is 6.18 Å². The quantitative estimate of drug-likeness (QED) is 0.925. The first kappa shape index (κ1) is 16.2. The molecule has 0 unspecified atom stereocenters. The third kappa shape index (κ3) is 3.44. The normalized spacial score (nSPS) is 15.1. The molecule has 1 aliphatic rings. The number of pyridine rings is 1. The van der Waals surface area contributed by atoms with Gasteiger partial charge in [0.2, 0.25) is 0 Å². The molecule has 0 bridgehead atoms. The van der Waals surface area contributed by atoms with Crippen LogP contribution in [0.3, 0.4) is 0 Å². The van der Waals surface area contributed by atoms with Gasteiger partial charge in [-0.1, -0.05) is 0 Å². The van der Waals surface area contributed by atoms with Crippen molar-refractivity contribution in [3.05, 3.63) is 47.7 Å². The summed E-state index contributed by atoms with van der Waals surface area (Å²) in [4.78, 5) is 25.6. The average molecular weight is 337 g/mol. The lowest BCUT2D eigenvalue weighted by molar-refractivity contribution is -0.137. The number of anilines is 1. The molecule has 24 heavy (non-hydrogen) atoms. The molecule has 0 aromatic carbocycles. The molecule has 2 aromatic rings. The molecule has 0 atom stereocenters. The van der Waals surface area contributed by atoms with E-state index >= 15 is 0 Å². The highest BCUT2D eigenvalue weighted by molar-refractivity contribution is 5.92. The van der Waals surface area contributed by atoms with Crippen molar-refractivity contribution in [2.24, 2.45) is 0 Å². The van der Waals surface area contributed by atoms with Crippen LogP contribution in [0.5, 0.6) is 0 Å². The van der Waals surface area contributed by atoms with E-state index < -0.39 is 11.7 Å². The Hall–Kier alpha value is -2.71. The largest absolute Gasteiger partial charge is 0.416 e. The Kier molecular flexibility index (Phi) is 4.08. The zero-order valence-electron chi connectivity index (χ0n) is 12.7. The molecular formula is C15H14F3N5O. The molecule has 1 amide bonds. The van der Waals surface area contributed by atoms with Gasteiger partial charge in [-0.25, -0.2) is 9.97 Å². The average Bonchev–Trinajstić information content (AvgIpc) is 2.50. The lowest BCUT2D eigenvalue weighted by Gasteiger charge is -2.40. The highest BCUT2D eigenvalue weighted by Crippen LogP contribution is 2.31. The van der Waals surface area contributed by atoms with Gasteiger partial charge >= 0.3 is 6.18 Å². The molecule has 3 heterocycles. The number of hydrogen-bond donors (Lipinski definition) is 1. The number of aromatic nitrogens is 3. The fraction of sp³-hybridized carbons (Fsp3) is 0.333. The topological polar surface area (TPSA) is 71.0 Å². The molecule has 1 N–H and O–H groups in total. The van der Waals surface area contributed by atoms with Gasteiger partial charge in [0.15, 0.2) is 0 Å². The fourth-order valence-electron chi connectivity index (χ4n) is 2.29. The van der Waals surface area contributed by atoms with Gasteiger partial charge in [-0.2, -0.15) is 13.2 Å². The van der Waals surface area contributed by atoms with Gasteiger partial charge < -0.3 is 10.2 Å². The third-order valence-electron chi connectivity index (χ3n) is 3.63. The molecule has 3 rings (SSSR count). The monoisotopic (exact) mass is 337 g/mol. The van der Waals surface area contributed by atoms with Crippen molar-refractivity contribution in [2.45, 2.75) is 19.1 Å². The molecule has 6 nitrogen and oxygen atoms in total. The number of aryl methyl sites for hydroxylation is 1. The second-order valence-corrected chi connectivity index (χ2v) is 5.52. The maximum absolute atomic E-state index is 12.7. The van der Waals surface area contributed by atoms with E-state index in [0.717, 1.165) is 18.3 Å². The maximum Gasteiger partial charge on any atom is 0.416 e. The molecule has 0 radical (unpaired) electrons. The Labute approximate surface area is 135 Å². The van der Waals surface area contributed by atoms with Gasteiger partial charge in [-0.05, 0) is 19.1 Å². The Morgan fingerprint density at radius 1 is 1.25 bits per heavy atom. The first-order valence-electron chi connectivity index (χ1n) is 7.20. The minimum atomic E-state index is -4.40. The highest BCUT2D eigenvalue weighted by Gasteiger charge is 2.34. The van der Waals surface area contributed by atoms with E-state index in [1.165, 1.54) is 12.4 Å². The summed E-state index contributed by atoms with van der Waals surface area (Å²) < 4.78 is 38.1. The summed E-state index contributed by atoms with van der Waals surface area (Å²) in [6, 6.07) is 1.76. The minimum Gasteiger partial charge on any atom is -0.352 e. The second kappa shape index (κ2) is 6.06. The lowest BCUT2D eigenvalue weighted by atomic mass is 10.1. The standard InChI is InChI=1S/C15H14F3N5O/c1-9-5-21-12(6-20-9)14(24)22-11-7-23(8-11)13-4-10(2-3-19-13)15(16,17)18/h2-6,11H,7-8H2,1H3,(H,22,24). The summed E-state index contributed by atoms with van der Waals surface area (Å²) >= 11 is 0. The number of carbonyl (C=O) groups is 1. The summed E-state index contributed by atoms with van der Waals surface area (Å²) in [5.74, 6) is -0.116. The molecular weight excluding hydrogens is 323 g/mol. The molecule has 0 aliphatic carbocycles. The molecule has 126 valence electrons. The van der Waals surface area contributed by atoms with Crippen LogP contribution in [0.15, 0.2) is 30.7 Å². The number of halogens is 3. The van der Waals surface area contributed by atoms with Crippen molar-refractivity contribution >= 4 is 11.7 Å². The molecule has 0 saturated carbocycles. The van der Waals surface area contributed by atoms with Crippen molar-refractivity contribution in [3.63, 3.8) is 0 Å². The van der Waals surface area contributed by atoms with E-state index in [0.29, 0.717) is 18.8 Å². The number of alkyl halides is 3. The number of hydrogen-bond acceptors (Lipinski definition) is 5. The van der Waals surface area contributed by atoms with Crippen molar-refractivity contribution in [3.8, 4) is 0 Å². The van der Waals surface area contributed by atoms with Gasteiger partial charge in [0.25, 0.3) is 5.91 Å². The van der Waals surface area contributed by atoms with Crippen LogP contribution < -0.4 is 10.2 Å². The zero-order valence-corrected chi connectivity index (χ0v) is 12.7. The summed E-state index contributed by atoms with van der Waals surface area (Å²) in [5, 5.41) is 2.76. The predicted molar refractivity (Wildman–Crippen MR) is 79.5 cm³/mol. The van der Waals surface area contributed by atoms with Crippen LogP contribution in [0.1, 0.15) is 21.7 Å². The van der Waals surface area contributed by atoms with Crippen molar-refractivity contribution in [2.75, 3.05) is 18.0 Å². The Bertz CT molecular complexity index is 742. The van der Waals surface area contributed by atoms with E-state index in [4.69, 9.17) is 0 Å². The molecule has 1 aliphatic heterocycles. The van der Waals surface area contributed by atoms with Gasteiger partial charge in [-0.3, -0.25) is 9.78 Å².